The molecule has 14 unspecified atom stereocenters. The van der Waals surface area contributed by atoms with E-state index in [0.717, 1.165) is 11.8 Å². The number of primary amides is 1. The average molecular weight is 789 g/mol. The zero-order valence-corrected chi connectivity index (χ0v) is 30.4. The van der Waals surface area contributed by atoms with E-state index in [4.69, 9.17) is 11.5 Å². The largest absolute Gasteiger partial charge is 0.391 e. The number of hydrogen-bond acceptors (Lipinski definition) is 16. The van der Waals surface area contributed by atoms with Gasteiger partial charge in [-0.1, -0.05) is 6.08 Å². The Morgan fingerprint density at radius 2 is 1.40 bits per heavy atom. The third kappa shape index (κ3) is 10.7. The summed E-state index contributed by atoms with van der Waals surface area (Å²) in [7, 11) is 0. The maximum absolute atomic E-state index is 14.0. The molecule has 3 heterocycles. The first-order valence-corrected chi connectivity index (χ1v) is 17.5. The van der Waals surface area contributed by atoms with Crippen LogP contribution in [-0.2, 0) is 33.6 Å². The minimum absolute atomic E-state index is 0.104. The van der Waals surface area contributed by atoms with Crippen LogP contribution in [0, 0.1) is 0 Å². The van der Waals surface area contributed by atoms with Crippen molar-refractivity contribution in [3.05, 3.63) is 11.6 Å². The Bertz CT molecular complexity index is 1500. The number of nitrogens with one attached hydrogen (secondary N) is 4. The summed E-state index contributed by atoms with van der Waals surface area (Å²) in [5, 5.41) is 94.4. The van der Waals surface area contributed by atoms with E-state index >= 15 is 0 Å². The van der Waals surface area contributed by atoms with Crippen LogP contribution in [0.1, 0.15) is 46.5 Å². The molecule has 3 aliphatic heterocycles. The number of hydrogen-bond donors (Lipinski definition) is 14. The lowest BCUT2D eigenvalue weighted by molar-refractivity contribution is -0.149. The van der Waals surface area contributed by atoms with Gasteiger partial charge >= 0.3 is 0 Å². The van der Waals surface area contributed by atoms with E-state index < -0.39 is 159 Å². The number of aliphatic hydroxyl groups excluding tert-OH is 8. The Morgan fingerprint density at radius 1 is 0.818 bits per heavy atom. The molecule has 3 rings (SSSR count). The summed E-state index contributed by atoms with van der Waals surface area (Å²) < 4.78 is 0. The van der Waals surface area contributed by atoms with E-state index in [1.807, 2.05) is 5.32 Å². The summed E-state index contributed by atoms with van der Waals surface area (Å²) in [6.07, 6.45) is -16.0. The molecule has 0 radical (unpaired) electrons. The van der Waals surface area contributed by atoms with Gasteiger partial charge in [0, 0.05) is 25.9 Å². The summed E-state index contributed by atoms with van der Waals surface area (Å²) in [5.41, 5.74) is 11.2. The number of carbonyl (C=O) groups excluding carboxylic acids is 7. The zero-order valence-electron chi connectivity index (χ0n) is 30.4. The molecular weight excluding hydrogens is 736 g/mol. The molecular formula is C32H52N8O15. The van der Waals surface area contributed by atoms with Crippen LogP contribution in [0.25, 0.3) is 0 Å². The Labute approximate surface area is 314 Å². The van der Waals surface area contributed by atoms with Crippen molar-refractivity contribution in [1.82, 2.24) is 31.1 Å². The highest BCUT2D eigenvalue weighted by Gasteiger charge is 2.48. The van der Waals surface area contributed by atoms with Crippen LogP contribution < -0.4 is 32.7 Å². The Kier molecular flexibility index (Phi) is 15.6. The van der Waals surface area contributed by atoms with Gasteiger partial charge in [-0.3, -0.25) is 33.6 Å². The van der Waals surface area contributed by atoms with E-state index in [1.165, 1.54) is 19.9 Å². The number of nitrogens with zero attached hydrogens (tertiary/aromatic N) is 2. The predicted octanol–water partition coefficient (Wildman–Crippen LogP) is -8.80. The lowest BCUT2D eigenvalue weighted by Gasteiger charge is -2.34. The molecule has 16 N–H and O–H groups in total. The van der Waals surface area contributed by atoms with Crippen molar-refractivity contribution in [2.75, 3.05) is 13.1 Å². The molecule has 0 aliphatic carbocycles. The molecule has 0 aromatic carbocycles. The Morgan fingerprint density at radius 3 is 1.98 bits per heavy atom. The second kappa shape index (κ2) is 19.0. The number of fused-ring (bicyclic) bond motifs is 2. The Balaban J connectivity index is 2.18. The molecule has 3 saturated heterocycles. The van der Waals surface area contributed by atoms with Crippen molar-refractivity contribution in [3.63, 3.8) is 0 Å². The van der Waals surface area contributed by atoms with E-state index in [1.54, 1.807) is 0 Å². The fourth-order valence-corrected chi connectivity index (χ4v) is 6.54. The van der Waals surface area contributed by atoms with Gasteiger partial charge in [0.25, 0.3) is 0 Å². The summed E-state index contributed by atoms with van der Waals surface area (Å²) in [6.45, 7) is 3.05. The molecule has 23 nitrogen and oxygen atoms in total. The van der Waals surface area contributed by atoms with Crippen LogP contribution >= 0.6 is 0 Å². The van der Waals surface area contributed by atoms with Gasteiger partial charge in [-0.05, 0) is 32.8 Å². The van der Waals surface area contributed by atoms with Crippen molar-refractivity contribution in [2.45, 2.75) is 132 Å². The molecule has 310 valence electrons. The minimum Gasteiger partial charge on any atom is -0.391 e. The smallest absolute Gasteiger partial charge is 0.248 e. The second-order valence-corrected chi connectivity index (χ2v) is 14.0. The number of aliphatic hydroxyl groups is 8. The summed E-state index contributed by atoms with van der Waals surface area (Å²) in [6, 6.07) is -11.4. The fourth-order valence-electron chi connectivity index (χ4n) is 6.54. The van der Waals surface area contributed by atoms with Gasteiger partial charge in [0.1, 0.15) is 48.5 Å². The van der Waals surface area contributed by atoms with Crippen LogP contribution in [0.2, 0.25) is 0 Å². The molecule has 7 amide bonds. The monoisotopic (exact) mass is 788 g/mol. The quantitative estimate of drug-likeness (QED) is 0.107. The van der Waals surface area contributed by atoms with Gasteiger partial charge in [0.2, 0.25) is 41.4 Å². The first-order chi connectivity index (χ1) is 25.6. The second-order valence-electron chi connectivity index (χ2n) is 14.0. The van der Waals surface area contributed by atoms with E-state index in [-0.39, 0.29) is 12.0 Å². The first-order valence-electron chi connectivity index (χ1n) is 17.5. The van der Waals surface area contributed by atoms with Crippen LogP contribution in [0.4, 0.5) is 0 Å². The summed E-state index contributed by atoms with van der Waals surface area (Å²) in [5.74, 6) is -8.60. The van der Waals surface area contributed by atoms with Gasteiger partial charge in [-0.2, -0.15) is 0 Å². The molecule has 55 heavy (non-hydrogen) atoms. The average Bonchev–Trinajstić information content (AvgIpc) is 3.71. The molecule has 3 aliphatic rings. The van der Waals surface area contributed by atoms with Crippen LogP contribution in [0.5, 0.6) is 0 Å². The fraction of sp³-hybridized carbons (Fsp3) is 0.719. The van der Waals surface area contributed by atoms with Gasteiger partial charge < -0.3 is 83.4 Å². The highest BCUT2D eigenvalue weighted by molar-refractivity contribution is 5.98. The number of nitrogens with two attached hydrogens (primary N) is 2. The molecule has 0 spiro atoms. The number of amides is 7. The van der Waals surface area contributed by atoms with E-state index in [2.05, 4.69) is 16.0 Å². The SMILES string of the molecule is C/C=C(\C)C(O)C(O)C1NC(=O)C2CC(O)CN2C(=O)C(C(C)O)NC(=O)C(N)CC(O)C(O)NC(=O)C2C(O)CCN2C(=O)C(C(O)CC(N)=O)NC1=O. The van der Waals surface area contributed by atoms with Crippen LogP contribution in [0.15, 0.2) is 11.6 Å². The zero-order chi connectivity index (χ0) is 41.6. The summed E-state index contributed by atoms with van der Waals surface area (Å²) in [4.78, 5) is 95.2. The van der Waals surface area contributed by atoms with Crippen molar-refractivity contribution in [3.8, 4) is 0 Å². The molecule has 0 bridgehead atoms. The summed E-state index contributed by atoms with van der Waals surface area (Å²) >= 11 is 0. The van der Waals surface area contributed by atoms with Gasteiger partial charge in [0.05, 0.1) is 36.9 Å². The Hall–Kier alpha value is -4.33. The first kappa shape index (κ1) is 45.1. The predicted molar refractivity (Wildman–Crippen MR) is 184 cm³/mol. The number of allylic oxidation sites excluding steroid dienone is 1. The molecule has 14 atom stereocenters. The third-order valence-corrected chi connectivity index (χ3v) is 9.84. The van der Waals surface area contributed by atoms with Crippen molar-refractivity contribution >= 4 is 41.4 Å². The highest BCUT2D eigenvalue weighted by atomic mass is 16.3. The highest BCUT2D eigenvalue weighted by Crippen LogP contribution is 2.23. The van der Waals surface area contributed by atoms with Gasteiger partial charge in [-0.15, -0.1) is 0 Å². The maximum atomic E-state index is 14.0. The number of rotatable bonds is 7. The van der Waals surface area contributed by atoms with E-state index in [0.29, 0.717) is 4.90 Å². The van der Waals surface area contributed by atoms with Crippen LogP contribution in [0.3, 0.4) is 0 Å². The van der Waals surface area contributed by atoms with Gasteiger partial charge in [-0.25, -0.2) is 0 Å². The molecule has 0 saturated carbocycles. The molecule has 23 heteroatoms. The van der Waals surface area contributed by atoms with Crippen molar-refractivity contribution in [1.29, 1.82) is 0 Å². The number of carbonyl (C=O) groups is 7. The molecule has 0 aromatic rings. The lowest BCUT2D eigenvalue weighted by Crippen LogP contribution is -2.65. The normalized spacial score (nSPS) is 34.6. The van der Waals surface area contributed by atoms with Crippen LogP contribution in [-0.4, -0.2) is 190 Å². The van der Waals surface area contributed by atoms with E-state index in [9.17, 15) is 74.4 Å². The minimum atomic E-state index is -2.21. The van der Waals surface area contributed by atoms with Crippen molar-refractivity contribution < 1.29 is 74.4 Å². The topological polar surface area (TPSA) is 388 Å². The van der Waals surface area contributed by atoms with Gasteiger partial charge in [0.15, 0.2) is 6.23 Å². The standard InChI is InChI=1S/C32H52N8O15/c1-4-11(2)24(47)25(48)22-29(52)36-21(17(44)9-19(34)46)32(55)39-6-5-16(43)23(39)30(53)38-28(51)18(45)8-14(33)26(49)35-20(12(3)41)31(54)40-10-13(42)7-15(40)27(50)37-22/h4,12-18,20-25,28,41-45,47-48,51H,5-10,33H2,1-3H3,(H2,34,46)(H,35,49)(H,36,52)(H,37,50)(H,38,53)/b11-4+. The molecule has 3 fully saturated rings. The molecule has 0 aromatic heterocycles. The lowest BCUT2D eigenvalue weighted by atomic mass is 9.97. The van der Waals surface area contributed by atoms with Crippen molar-refractivity contribution in [2.24, 2.45) is 11.5 Å². The maximum Gasteiger partial charge on any atom is 0.248 e. The third-order valence-electron chi connectivity index (χ3n) is 9.84.